The van der Waals surface area contributed by atoms with Crippen molar-refractivity contribution in [3.05, 3.63) is 69.2 Å². The highest BCUT2D eigenvalue weighted by Crippen LogP contribution is 2.53. The van der Waals surface area contributed by atoms with Crippen LogP contribution in [0.25, 0.3) is 0 Å². The summed E-state index contributed by atoms with van der Waals surface area (Å²) >= 11 is 3.71. The Morgan fingerprint density at radius 1 is 1.14 bits per heavy atom. The number of benzene rings is 2. The maximum atomic E-state index is 13.2. The van der Waals surface area contributed by atoms with Crippen molar-refractivity contribution >= 4 is 21.8 Å². The van der Waals surface area contributed by atoms with Crippen LogP contribution in [0.4, 0.5) is 13.2 Å². The minimum absolute atomic E-state index is 0.0489. The zero-order valence-electron chi connectivity index (χ0n) is 16.2. The molecule has 0 radical (unpaired) electrons. The van der Waals surface area contributed by atoms with Crippen molar-refractivity contribution in [2.75, 3.05) is 13.1 Å². The Morgan fingerprint density at radius 2 is 1.83 bits per heavy atom. The van der Waals surface area contributed by atoms with Gasteiger partial charge in [0.2, 0.25) is 5.91 Å². The molecule has 2 nitrogen and oxygen atoms in total. The highest BCUT2D eigenvalue weighted by molar-refractivity contribution is 9.10. The summed E-state index contributed by atoms with van der Waals surface area (Å²) in [5, 5.41) is 0. The number of carbonyl (C=O) groups excluding carboxylic acids is 1. The molecule has 2 aliphatic rings. The molecule has 1 atom stereocenters. The quantitative estimate of drug-likeness (QED) is 0.526. The van der Waals surface area contributed by atoms with Crippen LogP contribution < -0.4 is 0 Å². The first-order chi connectivity index (χ1) is 13.7. The van der Waals surface area contributed by atoms with Crippen molar-refractivity contribution in [1.29, 1.82) is 0 Å². The van der Waals surface area contributed by atoms with E-state index < -0.39 is 11.7 Å². The predicted octanol–water partition coefficient (Wildman–Crippen LogP) is 6.08. The number of alkyl halides is 3. The molecule has 29 heavy (non-hydrogen) atoms. The number of fused-ring (bicyclic) bond motifs is 2. The number of amides is 1. The monoisotopic (exact) mass is 465 g/mol. The number of piperidine rings is 1. The molecular formula is C23H23BrF3NO. The molecule has 0 saturated carbocycles. The van der Waals surface area contributed by atoms with Gasteiger partial charge in [-0.15, -0.1) is 0 Å². The van der Waals surface area contributed by atoms with Crippen LogP contribution in [0.3, 0.4) is 0 Å². The van der Waals surface area contributed by atoms with E-state index in [0.29, 0.717) is 19.0 Å². The Hall–Kier alpha value is -1.82. The first-order valence-electron chi connectivity index (χ1n) is 9.93. The van der Waals surface area contributed by atoms with Gasteiger partial charge in [-0.3, -0.25) is 4.79 Å². The highest BCUT2D eigenvalue weighted by Gasteiger charge is 2.45. The number of carbonyl (C=O) groups is 1. The standard InChI is InChI=1S/C23H23BrF3NO/c1-15-14-22(21-17(15)6-4-8-19(21)24)9-11-28(12-10-22)20(29)13-16-5-2-3-7-18(16)23(25,26)27/h2-8,15H,9-14H2,1H3. The van der Waals surface area contributed by atoms with Gasteiger partial charge < -0.3 is 4.90 Å². The second kappa shape index (κ2) is 7.46. The summed E-state index contributed by atoms with van der Waals surface area (Å²) in [4.78, 5) is 14.5. The van der Waals surface area contributed by atoms with Crippen LogP contribution in [0.5, 0.6) is 0 Å². The zero-order chi connectivity index (χ0) is 20.8. The molecule has 1 heterocycles. The van der Waals surface area contributed by atoms with Gasteiger partial charge in [0.1, 0.15) is 0 Å². The summed E-state index contributed by atoms with van der Waals surface area (Å²) in [7, 11) is 0. The van der Waals surface area contributed by atoms with Crippen molar-refractivity contribution in [2.45, 2.75) is 50.1 Å². The summed E-state index contributed by atoms with van der Waals surface area (Å²) in [5.41, 5.74) is 2.12. The van der Waals surface area contributed by atoms with E-state index in [4.69, 9.17) is 0 Å². The molecule has 1 aliphatic heterocycles. The molecule has 0 N–H and O–H groups in total. The molecule has 0 aromatic heterocycles. The smallest absolute Gasteiger partial charge is 0.342 e. The van der Waals surface area contributed by atoms with E-state index in [-0.39, 0.29) is 23.3 Å². The fourth-order valence-electron chi connectivity index (χ4n) is 5.17. The molecule has 1 saturated heterocycles. The van der Waals surface area contributed by atoms with Gasteiger partial charge in [-0.05, 0) is 54.0 Å². The van der Waals surface area contributed by atoms with Crippen LogP contribution >= 0.6 is 15.9 Å². The number of nitrogens with zero attached hydrogens (tertiary/aromatic N) is 1. The average Bonchev–Trinajstić information content (AvgIpc) is 2.94. The maximum absolute atomic E-state index is 13.2. The van der Waals surface area contributed by atoms with E-state index >= 15 is 0 Å². The van der Waals surface area contributed by atoms with Crippen LogP contribution in [0.2, 0.25) is 0 Å². The number of rotatable bonds is 2. The second-order valence-corrected chi connectivity index (χ2v) is 9.16. The molecule has 0 bridgehead atoms. The average molecular weight is 466 g/mol. The summed E-state index contributed by atoms with van der Waals surface area (Å²) in [5.74, 6) is 0.248. The lowest BCUT2D eigenvalue weighted by molar-refractivity contribution is -0.138. The third-order valence-electron chi connectivity index (χ3n) is 6.54. The van der Waals surface area contributed by atoms with Gasteiger partial charge in [0, 0.05) is 23.0 Å². The molecule has 2 aromatic carbocycles. The minimum Gasteiger partial charge on any atom is -0.342 e. The molecule has 2 aromatic rings. The molecule has 1 spiro atoms. The summed E-state index contributed by atoms with van der Waals surface area (Å²) in [6, 6.07) is 11.7. The molecule has 154 valence electrons. The number of likely N-dealkylation sites (tertiary alicyclic amines) is 1. The SMILES string of the molecule is CC1CC2(CCN(C(=O)Cc3ccccc3C(F)(F)F)CC2)c2c(Br)cccc21. The molecule has 1 amide bonds. The van der Waals surface area contributed by atoms with Crippen molar-refractivity contribution in [3.63, 3.8) is 0 Å². The first-order valence-corrected chi connectivity index (χ1v) is 10.7. The van der Waals surface area contributed by atoms with Crippen LogP contribution in [-0.4, -0.2) is 23.9 Å². The zero-order valence-corrected chi connectivity index (χ0v) is 17.8. The second-order valence-electron chi connectivity index (χ2n) is 8.30. The van der Waals surface area contributed by atoms with Crippen molar-refractivity contribution in [2.24, 2.45) is 0 Å². The van der Waals surface area contributed by atoms with Gasteiger partial charge in [0.15, 0.2) is 0 Å². The Morgan fingerprint density at radius 3 is 2.52 bits per heavy atom. The van der Waals surface area contributed by atoms with Gasteiger partial charge in [0.05, 0.1) is 12.0 Å². The number of halogens is 4. The topological polar surface area (TPSA) is 20.3 Å². The Balaban J connectivity index is 1.49. The number of hydrogen-bond donors (Lipinski definition) is 0. The fraction of sp³-hybridized carbons (Fsp3) is 0.435. The Kier molecular flexibility index (Phi) is 5.26. The van der Waals surface area contributed by atoms with E-state index in [0.717, 1.165) is 29.8 Å². The van der Waals surface area contributed by atoms with E-state index in [1.54, 1.807) is 11.0 Å². The van der Waals surface area contributed by atoms with Crippen LogP contribution in [-0.2, 0) is 22.8 Å². The summed E-state index contributed by atoms with van der Waals surface area (Å²) in [6.45, 7) is 3.41. The van der Waals surface area contributed by atoms with Gasteiger partial charge in [-0.2, -0.15) is 13.2 Å². The van der Waals surface area contributed by atoms with E-state index in [9.17, 15) is 18.0 Å². The molecular weight excluding hydrogens is 443 g/mol. The maximum Gasteiger partial charge on any atom is 0.416 e. The third kappa shape index (κ3) is 3.72. The van der Waals surface area contributed by atoms with Crippen LogP contribution in [0, 0.1) is 0 Å². The van der Waals surface area contributed by atoms with Gasteiger partial charge in [0.25, 0.3) is 0 Å². The molecule has 1 aliphatic carbocycles. The lowest BCUT2D eigenvalue weighted by Gasteiger charge is -2.41. The molecule has 1 unspecified atom stereocenters. The van der Waals surface area contributed by atoms with Crippen LogP contribution in [0.15, 0.2) is 46.9 Å². The first kappa shape index (κ1) is 20.5. The lowest BCUT2D eigenvalue weighted by atomic mass is 9.73. The highest BCUT2D eigenvalue weighted by atomic mass is 79.9. The third-order valence-corrected chi connectivity index (χ3v) is 7.20. The van der Waals surface area contributed by atoms with Gasteiger partial charge >= 0.3 is 6.18 Å². The van der Waals surface area contributed by atoms with E-state index in [1.807, 2.05) is 0 Å². The summed E-state index contributed by atoms with van der Waals surface area (Å²) in [6.07, 6.45) is -1.90. The van der Waals surface area contributed by atoms with Crippen LogP contribution in [0.1, 0.15) is 54.4 Å². The van der Waals surface area contributed by atoms with Crippen molar-refractivity contribution in [3.8, 4) is 0 Å². The number of hydrogen-bond acceptors (Lipinski definition) is 1. The van der Waals surface area contributed by atoms with Gasteiger partial charge in [-0.25, -0.2) is 0 Å². The lowest BCUT2D eigenvalue weighted by Crippen LogP contribution is -2.45. The largest absolute Gasteiger partial charge is 0.416 e. The summed E-state index contributed by atoms with van der Waals surface area (Å²) < 4.78 is 40.8. The molecule has 4 rings (SSSR count). The fourth-order valence-corrected chi connectivity index (χ4v) is 5.98. The van der Waals surface area contributed by atoms with Gasteiger partial charge in [-0.1, -0.05) is 53.2 Å². The van der Waals surface area contributed by atoms with E-state index in [1.165, 1.54) is 23.3 Å². The predicted molar refractivity (Wildman–Crippen MR) is 110 cm³/mol. The minimum atomic E-state index is -4.45. The Bertz CT molecular complexity index is 932. The normalized spacial score (nSPS) is 20.7. The Labute approximate surface area is 177 Å². The van der Waals surface area contributed by atoms with Crippen molar-refractivity contribution in [1.82, 2.24) is 4.90 Å². The van der Waals surface area contributed by atoms with E-state index in [2.05, 4.69) is 41.1 Å². The molecule has 1 fully saturated rings. The molecule has 6 heteroatoms. The van der Waals surface area contributed by atoms with Crippen molar-refractivity contribution < 1.29 is 18.0 Å².